The number of hydrogen-bond acceptors (Lipinski definition) is 4. The predicted octanol–water partition coefficient (Wildman–Crippen LogP) is 2.04. The summed E-state index contributed by atoms with van der Waals surface area (Å²) < 4.78 is 28.6. The molecular formula is C12H16INO4S. The molecule has 1 aliphatic rings. The summed E-state index contributed by atoms with van der Waals surface area (Å²) in [4.78, 5) is 0. The van der Waals surface area contributed by atoms with Crippen LogP contribution in [0.15, 0.2) is 24.3 Å². The number of rotatable bonds is 4. The van der Waals surface area contributed by atoms with Crippen molar-refractivity contribution in [2.45, 2.75) is 31.8 Å². The summed E-state index contributed by atoms with van der Waals surface area (Å²) in [6.45, 7) is 3.81. The van der Waals surface area contributed by atoms with Crippen molar-refractivity contribution in [3.8, 4) is 0 Å². The molecule has 1 aliphatic heterocycles. The van der Waals surface area contributed by atoms with E-state index in [1.807, 2.05) is 38.1 Å². The molecule has 19 heavy (non-hydrogen) atoms. The van der Waals surface area contributed by atoms with Gasteiger partial charge in [0.1, 0.15) is 12.2 Å². The number of ether oxygens (including phenoxy) is 2. The fraction of sp³-hybridized carbons (Fsp3) is 0.500. The van der Waals surface area contributed by atoms with Crippen molar-refractivity contribution in [3.05, 3.63) is 33.4 Å². The highest BCUT2D eigenvalue weighted by Crippen LogP contribution is 2.39. The number of halogens is 1. The van der Waals surface area contributed by atoms with Crippen LogP contribution in [0.4, 0.5) is 0 Å². The molecule has 1 aromatic rings. The monoisotopic (exact) mass is 397 g/mol. The van der Waals surface area contributed by atoms with E-state index in [4.69, 9.17) is 18.8 Å². The highest BCUT2D eigenvalue weighted by molar-refractivity contribution is 14.1. The minimum Gasteiger partial charge on any atom is -0.342 e. The van der Waals surface area contributed by atoms with Crippen LogP contribution in [0.5, 0.6) is 0 Å². The van der Waals surface area contributed by atoms with Gasteiger partial charge in [-0.1, -0.05) is 18.2 Å². The first-order chi connectivity index (χ1) is 8.89. The van der Waals surface area contributed by atoms with Gasteiger partial charge >= 0.3 is 0 Å². The van der Waals surface area contributed by atoms with Gasteiger partial charge in [-0.05, 0) is 48.1 Å². The van der Waals surface area contributed by atoms with Gasteiger partial charge < -0.3 is 9.47 Å². The molecule has 2 rings (SSSR count). The first-order valence-electron chi connectivity index (χ1n) is 5.78. The Morgan fingerprint density at radius 3 is 2.74 bits per heavy atom. The minimum absolute atomic E-state index is 0.127. The van der Waals surface area contributed by atoms with E-state index in [0.29, 0.717) is 0 Å². The maximum absolute atomic E-state index is 10.8. The molecule has 1 heterocycles. The molecule has 1 saturated heterocycles. The Kier molecular flexibility index (Phi) is 4.96. The van der Waals surface area contributed by atoms with Crippen LogP contribution in [0.3, 0.4) is 0 Å². The molecule has 0 aliphatic carbocycles. The van der Waals surface area contributed by atoms with E-state index in [1.165, 1.54) is 0 Å². The van der Waals surface area contributed by atoms with Crippen LogP contribution in [0.2, 0.25) is 0 Å². The van der Waals surface area contributed by atoms with Crippen molar-refractivity contribution >= 4 is 33.9 Å². The topological polar surface area (TPSA) is 70.8 Å². The van der Waals surface area contributed by atoms with Crippen LogP contribution in [-0.2, 0) is 24.9 Å². The van der Waals surface area contributed by atoms with Crippen LogP contribution in [0.25, 0.3) is 0 Å². The Bertz CT molecular complexity index is 483. The Balaban J connectivity index is 2.21. The van der Waals surface area contributed by atoms with Crippen molar-refractivity contribution in [2.75, 3.05) is 6.61 Å². The lowest BCUT2D eigenvalue weighted by molar-refractivity contribution is -0.148. The van der Waals surface area contributed by atoms with Gasteiger partial charge in [0.05, 0.1) is 6.61 Å². The number of nitrogens with two attached hydrogens (primary N) is 1. The van der Waals surface area contributed by atoms with Gasteiger partial charge in [0.2, 0.25) is 11.3 Å². The second-order valence-electron chi connectivity index (χ2n) is 4.66. The predicted molar refractivity (Wildman–Crippen MR) is 80.2 cm³/mol. The first-order valence-corrected chi connectivity index (χ1v) is 8.00. The summed E-state index contributed by atoms with van der Waals surface area (Å²) in [7, 11) is 0. The fourth-order valence-corrected chi connectivity index (χ4v) is 3.02. The van der Waals surface area contributed by atoms with Crippen molar-refractivity contribution in [2.24, 2.45) is 5.14 Å². The molecule has 7 heteroatoms. The summed E-state index contributed by atoms with van der Waals surface area (Å²) >= 11 is 0.452. The molecule has 0 spiro atoms. The lowest BCUT2D eigenvalue weighted by Crippen LogP contribution is -2.26. The summed E-state index contributed by atoms with van der Waals surface area (Å²) in [6.07, 6.45) is -0.593. The van der Waals surface area contributed by atoms with E-state index in [9.17, 15) is 4.21 Å². The van der Waals surface area contributed by atoms with Gasteiger partial charge in [-0.3, -0.25) is 4.18 Å². The maximum Gasteiger partial charge on any atom is 0.231 e. The molecule has 0 radical (unpaired) electrons. The van der Waals surface area contributed by atoms with Crippen LogP contribution >= 0.6 is 22.6 Å². The smallest absolute Gasteiger partial charge is 0.231 e. The number of hydrogen-bond donors (Lipinski definition) is 1. The van der Waals surface area contributed by atoms with Crippen LogP contribution in [-0.4, -0.2) is 22.7 Å². The second-order valence-corrected chi connectivity index (χ2v) is 6.58. The summed E-state index contributed by atoms with van der Waals surface area (Å²) in [6, 6.07) is 7.91. The Morgan fingerprint density at radius 1 is 1.42 bits per heavy atom. The standard InChI is InChI=1S/C12H16INO4S/c1-12(2)17-10(7-16-19(14)15)11(18-12)8-5-3-4-6-9(8)13/h3-6,10-11H,7,14H2,1-2H3/t10-,11-,19?/m1/s1. The average molecular weight is 397 g/mol. The maximum atomic E-state index is 10.8. The van der Waals surface area contributed by atoms with Gasteiger partial charge in [-0.25, -0.2) is 9.35 Å². The minimum atomic E-state index is -1.80. The molecule has 106 valence electrons. The van der Waals surface area contributed by atoms with E-state index in [-0.39, 0.29) is 18.8 Å². The summed E-state index contributed by atoms with van der Waals surface area (Å²) in [5.74, 6) is -0.701. The first kappa shape index (κ1) is 15.3. The van der Waals surface area contributed by atoms with E-state index < -0.39 is 17.1 Å². The highest BCUT2D eigenvalue weighted by Gasteiger charge is 2.43. The van der Waals surface area contributed by atoms with E-state index in [0.717, 1.165) is 9.13 Å². The number of benzene rings is 1. The van der Waals surface area contributed by atoms with E-state index in [2.05, 4.69) is 22.6 Å². The van der Waals surface area contributed by atoms with Crippen LogP contribution in [0.1, 0.15) is 25.5 Å². The molecule has 1 unspecified atom stereocenters. The van der Waals surface area contributed by atoms with Gasteiger partial charge in [0.15, 0.2) is 5.79 Å². The summed E-state index contributed by atoms with van der Waals surface area (Å²) in [5, 5.41) is 5.10. The van der Waals surface area contributed by atoms with Crippen molar-refractivity contribution in [1.82, 2.24) is 0 Å². The highest BCUT2D eigenvalue weighted by atomic mass is 127. The quantitative estimate of drug-likeness (QED) is 0.790. The lowest BCUT2D eigenvalue weighted by Gasteiger charge is -2.18. The lowest BCUT2D eigenvalue weighted by atomic mass is 10.1. The van der Waals surface area contributed by atoms with Gasteiger partial charge in [0, 0.05) is 3.57 Å². The zero-order valence-electron chi connectivity index (χ0n) is 10.7. The van der Waals surface area contributed by atoms with E-state index >= 15 is 0 Å². The van der Waals surface area contributed by atoms with Gasteiger partial charge in [0.25, 0.3) is 0 Å². The largest absolute Gasteiger partial charge is 0.342 e. The SMILES string of the molecule is CC1(C)O[C@H](c2ccccc2I)[C@@H](COS(N)=O)O1. The van der Waals surface area contributed by atoms with E-state index in [1.54, 1.807) is 0 Å². The van der Waals surface area contributed by atoms with Crippen molar-refractivity contribution < 1.29 is 17.9 Å². The molecule has 3 atom stereocenters. The Morgan fingerprint density at radius 2 is 2.11 bits per heavy atom. The van der Waals surface area contributed by atoms with Gasteiger partial charge in [-0.15, -0.1) is 0 Å². The normalized spacial score (nSPS) is 27.4. The molecule has 0 aromatic heterocycles. The fourth-order valence-electron chi connectivity index (χ4n) is 2.06. The Hall–Kier alpha value is -0.0600. The van der Waals surface area contributed by atoms with Crippen molar-refractivity contribution in [3.63, 3.8) is 0 Å². The van der Waals surface area contributed by atoms with Crippen LogP contribution in [0, 0.1) is 3.57 Å². The molecule has 2 N–H and O–H groups in total. The molecule has 5 nitrogen and oxygen atoms in total. The molecule has 0 bridgehead atoms. The third kappa shape index (κ3) is 3.96. The zero-order chi connectivity index (χ0) is 14.0. The molecule has 0 saturated carbocycles. The van der Waals surface area contributed by atoms with Gasteiger partial charge in [-0.2, -0.15) is 0 Å². The van der Waals surface area contributed by atoms with Crippen molar-refractivity contribution in [1.29, 1.82) is 0 Å². The molecule has 1 fully saturated rings. The third-order valence-electron chi connectivity index (χ3n) is 2.74. The summed E-state index contributed by atoms with van der Waals surface area (Å²) in [5.41, 5.74) is 1.03. The molecule has 0 amide bonds. The Labute approximate surface area is 128 Å². The molecular weight excluding hydrogens is 381 g/mol. The zero-order valence-corrected chi connectivity index (χ0v) is 13.6. The molecule has 1 aromatic carbocycles. The second kappa shape index (κ2) is 6.15. The average Bonchev–Trinajstić information content (AvgIpc) is 2.62. The van der Waals surface area contributed by atoms with Crippen LogP contribution < -0.4 is 5.14 Å². The third-order valence-corrected chi connectivity index (χ3v) is 4.09.